The van der Waals surface area contributed by atoms with Gasteiger partial charge in [0.25, 0.3) is 0 Å². The first kappa shape index (κ1) is 10.3. The Hall–Kier alpha value is -1.18. The molecule has 0 saturated heterocycles. The van der Waals surface area contributed by atoms with Crippen molar-refractivity contribution in [2.75, 3.05) is 23.7 Å². The number of hydrogen-bond acceptors (Lipinski definition) is 2. The fourth-order valence-electron chi connectivity index (χ4n) is 2.22. The van der Waals surface area contributed by atoms with Gasteiger partial charge in [-0.1, -0.05) is 19.4 Å². The van der Waals surface area contributed by atoms with Crippen LogP contribution in [-0.4, -0.2) is 13.1 Å². The first-order valence-electron chi connectivity index (χ1n) is 5.86. The molecule has 2 heteroatoms. The van der Waals surface area contributed by atoms with E-state index in [9.17, 15) is 0 Å². The third-order valence-corrected chi connectivity index (χ3v) is 3.24. The standard InChI is InChI=1S/C13H20N2/c1-3-4-6-15-7-5-11-8-10(2)12(14)9-13(11)15/h8-9H,3-7,14H2,1-2H3. The topological polar surface area (TPSA) is 29.3 Å². The van der Waals surface area contributed by atoms with Gasteiger partial charge < -0.3 is 10.6 Å². The molecule has 0 aliphatic carbocycles. The minimum Gasteiger partial charge on any atom is -0.398 e. The molecule has 1 aromatic rings. The summed E-state index contributed by atoms with van der Waals surface area (Å²) in [7, 11) is 0. The van der Waals surface area contributed by atoms with E-state index in [2.05, 4.69) is 30.9 Å². The van der Waals surface area contributed by atoms with E-state index in [-0.39, 0.29) is 0 Å². The Labute approximate surface area is 92.1 Å². The van der Waals surface area contributed by atoms with Gasteiger partial charge in [-0.05, 0) is 37.0 Å². The molecule has 82 valence electrons. The molecular formula is C13H20N2. The summed E-state index contributed by atoms with van der Waals surface area (Å²) < 4.78 is 0. The number of nitrogens with two attached hydrogens (primary N) is 1. The number of anilines is 2. The Morgan fingerprint density at radius 2 is 2.20 bits per heavy atom. The molecule has 2 N–H and O–H groups in total. The molecule has 0 fully saturated rings. The Morgan fingerprint density at radius 1 is 1.40 bits per heavy atom. The highest BCUT2D eigenvalue weighted by Gasteiger charge is 2.19. The molecule has 1 heterocycles. The predicted molar refractivity (Wildman–Crippen MR) is 66.4 cm³/mol. The normalized spacial score (nSPS) is 14.4. The highest BCUT2D eigenvalue weighted by molar-refractivity contribution is 5.67. The summed E-state index contributed by atoms with van der Waals surface area (Å²) in [6.07, 6.45) is 3.71. The lowest BCUT2D eigenvalue weighted by Gasteiger charge is -2.19. The van der Waals surface area contributed by atoms with E-state index in [1.54, 1.807) is 0 Å². The summed E-state index contributed by atoms with van der Waals surface area (Å²) in [5, 5.41) is 0. The second-order valence-electron chi connectivity index (χ2n) is 4.43. The van der Waals surface area contributed by atoms with E-state index >= 15 is 0 Å². The number of nitrogens with zero attached hydrogens (tertiary/aromatic N) is 1. The molecule has 1 aliphatic rings. The number of nitrogen functional groups attached to an aromatic ring is 1. The van der Waals surface area contributed by atoms with Gasteiger partial charge in [0.05, 0.1) is 0 Å². The van der Waals surface area contributed by atoms with Gasteiger partial charge in [0.1, 0.15) is 0 Å². The van der Waals surface area contributed by atoms with Crippen LogP contribution in [0.1, 0.15) is 30.9 Å². The van der Waals surface area contributed by atoms with Gasteiger partial charge in [0, 0.05) is 24.5 Å². The van der Waals surface area contributed by atoms with Gasteiger partial charge in [0.15, 0.2) is 0 Å². The quantitative estimate of drug-likeness (QED) is 0.767. The van der Waals surface area contributed by atoms with Gasteiger partial charge in [-0.25, -0.2) is 0 Å². The Balaban J connectivity index is 2.22. The molecule has 1 aromatic carbocycles. The van der Waals surface area contributed by atoms with E-state index < -0.39 is 0 Å². The Kier molecular flexibility index (Phi) is 2.85. The molecule has 0 atom stereocenters. The molecule has 0 spiro atoms. The Bertz CT molecular complexity index is 358. The molecule has 0 aromatic heterocycles. The van der Waals surface area contributed by atoms with Gasteiger partial charge >= 0.3 is 0 Å². The zero-order valence-corrected chi connectivity index (χ0v) is 9.71. The zero-order chi connectivity index (χ0) is 10.8. The first-order valence-corrected chi connectivity index (χ1v) is 5.86. The SMILES string of the molecule is CCCCN1CCc2cc(C)c(N)cc21. The number of hydrogen-bond donors (Lipinski definition) is 1. The van der Waals surface area contributed by atoms with Crippen LogP contribution in [0.15, 0.2) is 12.1 Å². The van der Waals surface area contributed by atoms with Crippen LogP contribution in [0.4, 0.5) is 11.4 Å². The number of fused-ring (bicyclic) bond motifs is 1. The molecule has 0 unspecified atom stereocenters. The van der Waals surface area contributed by atoms with E-state index in [1.807, 2.05) is 0 Å². The van der Waals surface area contributed by atoms with Gasteiger partial charge in [-0.2, -0.15) is 0 Å². The van der Waals surface area contributed by atoms with Crippen molar-refractivity contribution in [1.82, 2.24) is 0 Å². The number of unbranched alkanes of at least 4 members (excludes halogenated alkanes) is 1. The van der Waals surface area contributed by atoms with Crippen molar-refractivity contribution in [3.8, 4) is 0 Å². The van der Waals surface area contributed by atoms with Crippen molar-refractivity contribution in [1.29, 1.82) is 0 Å². The molecule has 0 amide bonds. The highest BCUT2D eigenvalue weighted by Crippen LogP contribution is 2.31. The van der Waals surface area contributed by atoms with E-state index in [0.29, 0.717) is 0 Å². The average molecular weight is 204 g/mol. The Morgan fingerprint density at radius 3 is 2.93 bits per heavy atom. The van der Waals surface area contributed by atoms with E-state index in [4.69, 9.17) is 5.73 Å². The predicted octanol–water partition coefficient (Wildman–Crippen LogP) is 2.74. The van der Waals surface area contributed by atoms with Crippen molar-refractivity contribution in [2.45, 2.75) is 33.1 Å². The van der Waals surface area contributed by atoms with E-state index in [0.717, 1.165) is 12.2 Å². The largest absolute Gasteiger partial charge is 0.398 e. The molecule has 1 aliphatic heterocycles. The molecule has 0 bridgehead atoms. The first-order chi connectivity index (χ1) is 7.22. The lowest BCUT2D eigenvalue weighted by atomic mass is 10.1. The second-order valence-corrected chi connectivity index (χ2v) is 4.43. The lowest BCUT2D eigenvalue weighted by Crippen LogP contribution is -2.21. The van der Waals surface area contributed by atoms with Crippen LogP contribution in [0.3, 0.4) is 0 Å². The summed E-state index contributed by atoms with van der Waals surface area (Å²) in [6.45, 7) is 6.66. The fourth-order valence-corrected chi connectivity index (χ4v) is 2.22. The summed E-state index contributed by atoms with van der Waals surface area (Å²) in [6, 6.07) is 4.39. The van der Waals surface area contributed by atoms with Crippen molar-refractivity contribution in [2.24, 2.45) is 0 Å². The third-order valence-electron chi connectivity index (χ3n) is 3.24. The minimum absolute atomic E-state index is 0.928. The van der Waals surface area contributed by atoms with Gasteiger partial charge in [-0.15, -0.1) is 0 Å². The second kappa shape index (κ2) is 4.13. The van der Waals surface area contributed by atoms with E-state index in [1.165, 1.54) is 42.6 Å². The summed E-state index contributed by atoms with van der Waals surface area (Å²) in [4.78, 5) is 2.47. The molecular weight excluding hydrogens is 184 g/mol. The van der Waals surface area contributed by atoms with Crippen molar-refractivity contribution in [3.05, 3.63) is 23.3 Å². The van der Waals surface area contributed by atoms with Crippen molar-refractivity contribution in [3.63, 3.8) is 0 Å². The van der Waals surface area contributed by atoms with Crippen LogP contribution in [0.5, 0.6) is 0 Å². The van der Waals surface area contributed by atoms with Crippen LogP contribution in [0, 0.1) is 6.92 Å². The van der Waals surface area contributed by atoms with Crippen LogP contribution < -0.4 is 10.6 Å². The zero-order valence-electron chi connectivity index (χ0n) is 9.71. The monoisotopic (exact) mass is 204 g/mol. The van der Waals surface area contributed by atoms with Crippen LogP contribution in [0.25, 0.3) is 0 Å². The molecule has 0 radical (unpaired) electrons. The average Bonchev–Trinajstić information content (AvgIpc) is 2.59. The maximum atomic E-state index is 5.96. The van der Waals surface area contributed by atoms with Crippen LogP contribution in [0.2, 0.25) is 0 Å². The van der Waals surface area contributed by atoms with Crippen LogP contribution in [-0.2, 0) is 6.42 Å². The third kappa shape index (κ3) is 1.94. The summed E-state index contributed by atoms with van der Waals surface area (Å²) in [5.41, 5.74) is 10.9. The molecule has 15 heavy (non-hydrogen) atoms. The smallest absolute Gasteiger partial charge is 0.0420 e. The number of rotatable bonds is 3. The maximum Gasteiger partial charge on any atom is 0.0420 e. The van der Waals surface area contributed by atoms with Crippen molar-refractivity contribution >= 4 is 11.4 Å². The summed E-state index contributed by atoms with van der Waals surface area (Å²) >= 11 is 0. The summed E-state index contributed by atoms with van der Waals surface area (Å²) in [5.74, 6) is 0. The van der Waals surface area contributed by atoms with Crippen molar-refractivity contribution < 1.29 is 0 Å². The number of benzene rings is 1. The lowest BCUT2D eigenvalue weighted by molar-refractivity contribution is 0.736. The van der Waals surface area contributed by atoms with Crippen LogP contribution >= 0.6 is 0 Å². The molecule has 0 saturated carbocycles. The maximum absolute atomic E-state index is 5.96. The number of aryl methyl sites for hydroxylation is 1. The highest BCUT2D eigenvalue weighted by atomic mass is 15.1. The van der Waals surface area contributed by atoms with Gasteiger partial charge in [0.2, 0.25) is 0 Å². The minimum atomic E-state index is 0.928. The molecule has 2 rings (SSSR count). The van der Waals surface area contributed by atoms with Gasteiger partial charge in [-0.3, -0.25) is 0 Å². The fraction of sp³-hybridized carbons (Fsp3) is 0.538. The molecule has 2 nitrogen and oxygen atoms in total.